The second-order valence-electron chi connectivity index (χ2n) is 5.66. The van der Waals surface area contributed by atoms with Crippen LogP contribution in [-0.2, 0) is 10.0 Å². The summed E-state index contributed by atoms with van der Waals surface area (Å²) in [7, 11) is -0.163. The van der Waals surface area contributed by atoms with Crippen molar-refractivity contribution in [2.24, 2.45) is 0 Å². The third-order valence-corrected chi connectivity index (χ3v) is 6.04. The van der Waals surface area contributed by atoms with Gasteiger partial charge in [-0.2, -0.15) is 4.31 Å². The van der Waals surface area contributed by atoms with Crippen LogP contribution in [0.15, 0.2) is 23.1 Å². The third-order valence-electron chi connectivity index (χ3n) is 4.14. The van der Waals surface area contributed by atoms with E-state index in [2.05, 4.69) is 4.90 Å². The van der Waals surface area contributed by atoms with Gasteiger partial charge in [0.15, 0.2) is 0 Å². The first-order valence-corrected chi connectivity index (χ1v) is 8.80. The smallest absolute Gasteiger partial charge is 0.246 e. The van der Waals surface area contributed by atoms with Crippen LogP contribution in [0.2, 0.25) is 0 Å². The molecular weight excluding hydrogens is 304 g/mol. The quantitative estimate of drug-likeness (QED) is 0.861. The van der Waals surface area contributed by atoms with Gasteiger partial charge in [-0.3, -0.25) is 0 Å². The predicted molar refractivity (Wildman–Crippen MR) is 84.6 cm³/mol. The normalized spacial score (nSPS) is 21.0. The number of hydrogen-bond donors (Lipinski definition) is 1. The third kappa shape index (κ3) is 3.43. The first-order valence-electron chi connectivity index (χ1n) is 7.36. The topological polar surface area (TPSA) is 70.1 Å². The average Bonchev–Trinajstić information content (AvgIpc) is 2.49. The van der Waals surface area contributed by atoms with Crippen molar-refractivity contribution in [2.75, 3.05) is 40.4 Å². The molecule has 0 saturated carbocycles. The van der Waals surface area contributed by atoms with Gasteiger partial charge in [0, 0.05) is 32.3 Å². The van der Waals surface area contributed by atoms with Crippen LogP contribution < -0.4 is 4.74 Å². The molecule has 2 rings (SSSR count). The van der Waals surface area contributed by atoms with Gasteiger partial charge in [-0.15, -0.1) is 0 Å². The summed E-state index contributed by atoms with van der Waals surface area (Å²) in [5, 5.41) is 9.14. The molecule has 1 aliphatic rings. The number of rotatable bonds is 5. The number of piperazine rings is 1. The monoisotopic (exact) mass is 328 g/mol. The fourth-order valence-corrected chi connectivity index (χ4v) is 4.33. The first-order chi connectivity index (χ1) is 10.4. The molecule has 0 radical (unpaired) electrons. The Kier molecular flexibility index (Phi) is 5.44. The van der Waals surface area contributed by atoms with Gasteiger partial charge in [0.25, 0.3) is 0 Å². The van der Waals surface area contributed by atoms with Gasteiger partial charge < -0.3 is 14.7 Å². The predicted octanol–water partition coefficient (Wildman–Crippen LogP) is 0.691. The minimum absolute atomic E-state index is 0.0324. The minimum Gasteiger partial charge on any atom is -0.495 e. The van der Waals surface area contributed by atoms with Gasteiger partial charge in [-0.05, 0) is 38.1 Å². The molecule has 0 aliphatic carbocycles. The van der Waals surface area contributed by atoms with Crippen LogP contribution in [0.3, 0.4) is 0 Å². The highest BCUT2D eigenvalue weighted by molar-refractivity contribution is 7.89. The molecule has 1 aliphatic heterocycles. The summed E-state index contributed by atoms with van der Waals surface area (Å²) in [6.45, 7) is 3.43. The molecule has 1 fully saturated rings. The summed E-state index contributed by atoms with van der Waals surface area (Å²) in [6.07, 6.45) is 0.563. The highest BCUT2D eigenvalue weighted by Gasteiger charge is 2.34. The van der Waals surface area contributed by atoms with Crippen LogP contribution >= 0.6 is 0 Å². The SMILES string of the molecule is COc1cc(C)ccc1S(=O)(=O)N1CCN(C)C(CCO)C1. The maximum Gasteiger partial charge on any atom is 0.246 e. The Morgan fingerprint density at radius 1 is 1.36 bits per heavy atom. The number of likely N-dealkylation sites (N-methyl/N-ethyl adjacent to an activating group) is 1. The van der Waals surface area contributed by atoms with Crippen molar-refractivity contribution in [1.29, 1.82) is 0 Å². The van der Waals surface area contributed by atoms with Crippen molar-refractivity contribution >= 4 is 10.0 Å². The second-order valence-corrected chi connectivity index (χ2v) is 7.57. The number of aliphatic hydroxyl groups is 1. The molecule has 124 valence electrons. The number of sulfonamides is 1. The van der Waals surface area contributed by atoms with Gasteiger partial charge in [-0.1, -0.05) is 6.07 Å². The summed E-state index contributed by atoms with van der Waals surface area (Å²) in [5.74, 6) is 0.373. The molecule has 1 N–H and O–H groups in total. The van der Waals surface area contributed by atoms with E-state index in [1.807, 2.05) is 14.0 Å². The van der Waals surface area contributed by atoms with E-state index in [0.717, 1.165) is 5.56 Å². The lowest BCUT2D eigenvalue weighted by Gasteiger charge is -2.38. The van der Waals surface area contributed by atoms with E-state index in [0.29, 0.717) is 31.8 Å². The van der Waals surface area contributed by atoms with E-state index < -0.39 is 10.0 Å². The van der Waals surface area contributed by atoms with Crippen LogP contribution in [0.5, 0.6) is 5.75 Å². The lowest BCUT2D eigenvalue weighted by atomic mass is 10.1. The van der Waals surface area contributed by atoms with E-state index in [9.17, 15) is 8.42 Å². The van der Waals surface area contributed by atoms with Gasteiger partial charge in [0.1, 0.15) is 10.6 Å². The number of nitrogens with zero attached hydrogens (tertiary/aromatic N) is 2. The zero-order chi connectivity index (χ0) is 16.3. The number of aliphatic hydroxyl groups excluding tert-OH is 1. The molecule has 0 bridgehead atoms. The largest absolute Gasteiger partial charge is 0.495 e. The van der Waals surface area contributed by atoms with Crippen molar-refractivity contribution < 1.29 is 18.3 Å². The van der Waals surface area contributed by atoms with E-state index in [1.54, 1.807) is 18.2 Å². The van der Waals surface area contributed by atoms with Crippen molar-refractivity contribution in [3.05, 3.63) is 23.8 Å². The lowest BCUT2D eigenvalue weighted by molar-refractivity contribution is 0.120. The number of aryl methyl sites for hydroxylation is 1. The Bertz CT molecular complexity index is 618. The molecule has 22 heavy (non-hydrogen) atoms. The van der Waals surface area contributed by atoms with Gasteiger partial charge in [0.05, 0.1) is 7.11 Å². The molecular formula is C15H24N2O4S. The van der Waals surface area contributed by atoms with Gasteiger partial charge in [0.2, 0.25) is 10.0 Å². The van der Waals surface area contributed by atoms with Crippen LogP contribution in [0.25, 0.3) is 0 Å². The van der Waals surface area contributed by atoms with E-state index in [1.165, 1.54) is 11.4 Å². The average molecular weight is 328 g/mol. The van der Waals surface area contributed by atoms with Crippen molar-refractivity contribution in [1.82, 2.24) is 9.21 Å². The van der Waals surface area contributed by atoms with Crippen molar-refractivity contribution in [3.8, 4) is 5.75 Å². The number of methoxy groups -OCH3 is 1. The molecule has 7 heteroatoms. The highest BCUT2D eigenvalue weighted by Crippen LogP contribution is 2.29. The van der Waals surface area contributed by atoms with Crippen LogP contribution in [-0.4, -0.2) is 69.2 Å². The van der Waals surface area contributed by atoms with E-state index in [4.69, 9.17) is 9.84 Å². The minimum atomic E-state index is -3.60. The van der Waals surface area contributed by atoms with Crippen LogP contribution in [0.1, 0.15) is 12.0 Å². The van der Waals surface area contributed by atoms with Gasteiger partial charge >= 0.3 is 0 Å². The fraction of sp³-hybridized carbons (Fsp3) is 0.600. The standard InChI is InChI=1S/C15H24N2O4S/c1-12-4-5-15(14(10-12)21-3)22(19,20)17-8-7-16(2)13(11-17)6-9-18/h4-5,10,13,18H,6-9,11H2,1-3H3. The highest BCUT2D eigenvalue weighted by atomic mass is 32.2. The Morgan fingerprint density at radius 3 is 2.73 bits per heavy atom. The van der Waals surface area contributed by atoms with E-state index >= 15 is 0 Å². The summed E-state index contributed by atoms with van der Waals surface area (Å²) >= 11 is 0. The Morgan fingerprint density at radius 2 is 2.09 bits per heavy atom. The Labute approximate surface area is 132 Å². The summed E-state index contributed by atoms with van der Waals surface area (Å²) in [4.78, 5) is 2.29. The van der Waals surface area contributed by atoms with Crippen molar-refractivity contribution in [3.63, 3.8) is 0 Å². The lowest BCUT2D eigenvalue weighted by Crippen LogP contribution is -2.53. The zero-order valence-electron chi connectivity index (χ0n) is 13.3. The fourth-order valence-electron chi connectivity index (χ4n) is 2.72. The van der Waals surface area contributed by atoms with Gasteiger partial charge in [-0.25, -0.2) is 8.42 Å². The van der Waals surface area contributed by atoms with Crippen LogP contribution in [0.4, 0.5) is 0 Å². The van der Waals surface area contributed by atoms with Crippen molar-refractivity contribution in [2.45, 2.75) is 24.3 Å². The van der Waals surface area contributed by atoms with Crippen LogP contribution in [0, 0.1) is 6.92 Å². The number of benzene rings is 1. The Balaban J connectivity index is 2.30. The molecule has 0 aromatic heterocycles. The molecule has 1 aromatic rings. The maximum atomic E-state index is 12.9. The molecule has 1 saturated heterocycles. The second kappa shape index (κ2) is 6.95. The molecule has 1 heterocycles. The van der Waals surface area contributed by atoms with E-state index in [-0.39, 0.29) is 17.5 Å². The molecule has 1 aromatic carbocycles. The summed E-state index contributed by atoms with van der Waals surface area (Å²) in [5.41, 5.74) is 0.951. The number of ether oxygens (including phenoxy) is 1. The first kappa shape index (κ1) is 17.2. The number of hydrogen-bond acceptors (Lipinski definition) is 5. The maximum absolute atomic E-state index is 12.9. The molecule has 0 spiro atoms. The zero-order valence-corrected chi connectivity index (χ0v) is 14.1. The summed E-state index contributed by atoms with van der Waals surface area (Å²) in [6, 6.07) is 5.14. The summed E-state index contributed by atoms with van der Waals surface area (Å²) < 4.78 is 32.5. The molecule has 1 atom stereocenters. The molecule has 6 nitrogen and oxygen atoms in total. The molecule has 0 amide bonds. The molecule has 1 unspecified atom stereocenters. The Hall–Kier alpha value is -1.15.